The van der Waals surface area contributed by atoms with Crippen LogP contribution in [0.25, 0.3) is 0 Å². The second kappa shape index (κ2) is 5.91. The summed E-state index contributed by atoms with van der Waals surface area (Å²) in [7, 11) is 0. The van der Waals surface area contributed by atoms with E-state index in [9.17, 15) is 8.76 Å². The van der Waals surface area contributed by atoms with Gasteiger partial charge in [0, 0.05) is 9.37 Å². The molecule has 1 atom stereocenters. The van der Waals surface area contributed by atoms with Crippen LogP contribution in [0.15, 0.2) is 27.6 Å². The molecule has 0 radical (unpaired) electrons. The predicted molar refractivity (Wildman–Crippen MR) is 46.0 cm³/mol. The van der Waals surface area contributed by atoms with E-state index >= 15 is 0 Å². The molecule has 0 aliphatic heterocycles. The molecular formula is C7H3BrNNaO2S. The SMILES string of the molecule is N#Cc1ccc(S(=O)[O-])c(Br)c1.[Na+]. The zero-order valence-corrected chi connectivity index (χ0v) is 11.2. The van der Waals surface area contributed by atoms with Gasteiger partial charge in [0.2, 0.25) is 0 Å². The van der Waals surface area contributed by atoms with Gasteiger partial charge in [0.1, 0.15) is 0 Å². The number of rotatable bonds is 1. The Balaban J connectivity index is 0.00000144. The zero-order valence-electron chi connectivity index (χ0n) is 6.78. The van der Waals surface area contributed by atoms with E-state index in [0.717, 1.165) is 0 Å². The summed E-state index contributed by atoms with van der Waals surface area (Å²) in [5.74, 6) is 0. The number of nitriles is 1. The molecule has 0 aromatic heterocycles. The van der Waals surface area contributed by atoms with Crippen LogP contribution >= 0.6 is 15.9 Å². The normalized spacial score (nSPS) is 11.2. The third-order valence-corrected chi connectivity index (χ3v) is 2.87. The van der Waals surface area contributed by atoms with E-state index in [0.29, 0.717) is 10.0 Å². The van der Waals surface area contributed by atoms with Crippen molar-refractivity contribution in [2.45, 2.75) is 4.90 Å². The third kappa shape index (κ3) is 3.50. The van der Waals surface area contributed by atoms with Crippen LogP contribution in [0.5, 0.6) is 0 Å². The molecule has 1 unspecified atom stereocenters. The quantitative estimate of drug-likeness (QED) is 0.463. The second-order valence-corrected chi connectivity index (χ2v) is 3.76. The molecule has 0 N–H and O–H groups in total. The summed E-state index contributed by atoms with van der Waals surface area (Å²) in [4.78, 5) is 0.161. The van der Waals surface area contributed by atoms with Gasteiger partial charge in [-0.05, 0) is 45.2 Å². The van der Waals surface area contributed by atoms with Crippen molar-refractivity contribution in [1.29, 1.82) is 5.26 Å². The molecule has 0 fully saturated rings. The molecule has 0 amide bonds. The standard InChI is InChI=1S/C7H4BrNO2S.Na/c8-6-3-5(4-9)1-2-7(6)12(10)11;/h1-3H,(H,10,11);/q;+1/p-1. The Bertz CT molecular complexity index is 377. The maximum Gasteiger partial charge on any atom is 1.00 e. The molecule has 1 aromatic carbocycles. The number of nitrogens with zero attached hydrogens (tertiary/aromatic N) is 1. The summed E-state index contributed by atoms with van der Waals surface area (Å²) in [6, 6.07) is 6.20. The average molecular weight is 268 g/mol. The van der Waals surface area contributed by atoms with E-state index in [1.54, 1.807) is 0 Å². The Hall–Kier alpha value is 0.300. The fourth-order valence-electron chi connectivity index (χ4n) is 0.706. The Labute approximate surface area is 109 Å². The van der Waals surface area contributed by atoms with E-state index < -0.39 is 11.1 Å². The largest absolute Gasteiger partial charge is 1.00 e. The Kier molecular flexibility index (Phi) is 6.05. The molecule has 0 aliphatic rings. The molecule has 0 bridgehead atoms. The van der Waals surface area contributed by atoms with Crippen LogP contribution in [-0.4, -0.2) is 8.76 Å². The van der Waals surface area contributed by atoms with E-state index in [-0.39, 0.29) is 34.5 Å². The van der Waals surface area contributed by atoms with Gasteiger partial charge in [0.25, 0.3) is 0 Å². The molecule has 0 saturated heterocycles. The van der Waals surface area contributed by atoms with Crippen LogP contribution in [0.2, 0.25) is 0 Å². The van der Waals surface area contributed by atoms with Crippen LogP contribution in [0.4, 0.5) is 0 Å². The number of hydrogen-bond acceptors (Lipinski definition) is 3. The van der Waals surface area contributed by atoms with Crippen molar-refractivity contribution < 1.29 is 38.3 Å². The topological polar surface area (TPSA) is 63.9 Å². The van der Waals surface area contributed by atoms with E-state index in [1.165, 1.54) is 18.2 Å². The van der Waals surface area contributed by atoms with Crippen LogP contribution in [-0.2, 0) is 11.1 Å². The summed E-state index contributed by atoms with van der Waals surface area (Å²) >= 11 is 0.787. The summed E-state index contributed by atoms with van der Waals surface area (Å²) in [5, 5.41) is 8.47. The molecule has 1 aromatic rings. The van der Waals surface area contributed by atoms with Crippen molar-refractivity contribution in [2.75, 3.05) is 0 Å². The van der Waals surface area contributed by atoms with Gasteiger partial charge in [-0.15, -0.1) is 0 Å². The van der Waals surface area contributed by atoms with Crippen LogP contribution in [0, 0.1) is 11.3 Å². The minimum absolute atomic E-state index is 0. The monoisotopic (exact) mass is 267 g/mol. The Morgan fingerprint density at radius 1 is 1.54 bits per heavy atom. The van der Waals surface area contributed by atoms with Crippen LogP contribution in [0.1, 0.15) is 5.56 Å². The van der Waals surface area contributed by atoms with E-state index in [2.05, 4.69) is 15.9 Å². The van der Waals surface area contributed by atoms with Crippen LogP contribution in [0.3, 0.4) is 0 Å². The van der Waals surface area contributed by atoms with Crippen molar-refractivity contribution in [1.82, 2.24) is 0 Å². The molecule has 1 rings (SSSR count). The van der Waals surface area contributed by atoms with Gasteiger partial charge >= 0.3 is 29.6 Å². The molecule has 0 heterocycles. The predicted octanol–water partition coefficient (Wildman–Crippen LogP) is -1.44. The maximum absolute atomic E-state index is 10.5. The van der Waals surface area contributed by atoms with Crippen molar-refractivity contribution in [3.8, 4) is 6.07 Å². The molecule has 0 aliphatic carbocycles. The summed E-state index contributed by atoms with van der Waals surface area (Å²) < 4.78 is 21.4. The minimum Gasteiger partial charge on any atom is -0.768 e. The summed E-state index contributed by atoms with van der Waals surface area (Å²) in [5.41, 5.74) is 0.427. The van der Waals surface area contributed by atoms with Crippen molar-refractivity contribution in [2.24, 2.45) is 0 Å². The minimum atomic E-state index is -2.26. The fourth-order valence-corrected chi connectivity index (χ4v) is 1.88. The van der Waals surface area contributed by atoms with Gasteiger partial charge < -0.3 is 4.55 Å². The first-order valence-electron chi connectivity index (χ1n) is 2.94. The Morgan fingerprint density at radius 2 is 2.15 bits per heavy atom. The first kappa shape index (κ1) is 13.3. The van der Waals surface area contributed by atoms with Gasteiger partial charge in [0.05, 0.1) is 11.6 Å². The van der Waals surface area contributed by atoms with Crippen LogP contribution < -0.4 is 29.6 Å². The average Bonchev–Trinajstić information content (AvgIpc) is 2.03. The molecule has 6 heteroatoms. The molecular weight excluding hydrogens is 265 g/mol. The van der Waals surface area contributed by atoms with E-state index in [4.69, 9.17) is 5.26 Å². The first-order chi connectivity index (χ1) is 5.65. The first-order valence-corrected chi connectivity index (χ1v) is 4.81. The fraction of sp³-hybridized carbons (Fsp3) is 0. The summed E-state index contributed by atoms with van der Waals surface area (Å²) in [6.07, 6.45) is 0. The Morgan fingerprint density at radius 3 is 2.54 bits per heavy atom. The number of benzene rings is 1. The van der Waals surface area contributed by atoms with Gasteiger partial charge in [-0.25, -0.2) is 0 Å². The number of hydrogen-bond donors (Lipinski definition) is 0. The van der Waals surface area contributed by atoms with Crippen molar-refractivity contribution in [3.63, 3.8) is 0 Å². The molecule has 13 heavy (non-hydrogen) atoms. The smallest absolute Gasteiger partial charge is 0.768 e. The van der Waals surface area contributed by atoms with Gasteiger partial charge in [-0.2, -0.15) is 5.26 Å². The second-order valence-electron chi connectivity index (χ2n) is 1.99. The van der Waals surface area contributed by atoms with Gasteiger partial charge in [-0.3, -0.25) is 4.21 Å². The van der Waals surface area contributed by atoms with Crippen molar-refractivity contribution in [3.05, 3.63) is 28.2 Å². The molecule has 0 saturated carbocycles. The van der Waals surface area contributed by atoms with Crippen molar-refractivity contribution >= 4 is 27.0 Å². The van der Waals surface area contributed by atoms with E-state index in [1.807, 2.05) is 6.07 Å². The molecule has 0 spiro atoms. The summed E-state index contributed by atoms with van der Waals surface area (Å²) in [6.45, 7) is 0. The maximum atomic E-state index is 10.5. The van der Waals surface area contributed by atoms with Gasteiger partial charge in [0.15, 0.2) is 0 Å². The molecule has 62 valence electrons. The zero-order chi connectivity index (χ0) is 9.14. The molecule has 3 nitrogen and oxygen atoms in total. The van der Waals surface area contributed by atoms with Gasteiger partial charge in [-0.1, -0.05) is 0 Å². The third-order valence-electron chi connectivity index (χ3n) is 1.24. The number of halogens is 1.